The van der Waals surface area contributed by atoms with Gasteiger partial charge in [-0.05, 0) is 41.1 Å². The zero-order valence-electron chi connectivity index (χ0n) is 10.7. The lowest BCUT2D eigenvalue weighted by Gasteiger charge is -2.23. The topological polar surface area (TPSA) is 93.0 Å². The first kappa shape index (κ1) is 13.1. The summed E-state index contributed by atoms with van der Waals surface area (Å²) < 4.78 is 6.15. The van der Waals surface area contributed by atoms with E-state index >= 15 is 0 Å². The summed E-state index contributed by atoms with van der Waals surface area (Å²) >= 11 is 3.30. The molecule has 0 spiro atoms. The number of carbonyl (C=O) groups is 1. The van der Waals surface area contributed by atoms with Gasteiger partial charge < -0.3 is 20.8 Å². The molecule has 1 aliphatic rings. The number of amides is 1. The molecular formula is C13H13BrN4O2. The number of hydrogen-bond donors (Lipinski definition) is 3. The van der Waals surface area contributed by atoms with Crippen LogP contribution >= 0.6 is 15.9 Å². The Morgan fingerprint density at radius 1 is 1.50 bits per heavy atom. The fourth-order valence-corrected chi connectivity index (χ4v) is 2.54. The molecular weight excluding hydrogens is 324 g/mol. The highest BCUT2D eigenvalue weighted by Crippen LogP contribution is 2.34. The van der Waals surface area contributed by atoms with Gasteiger partial charge in [0.2, 0.25) is 0 Å². The van der Waals surface area contributed by atoms with Crippen molar-refractivity contribution in [2.24, 2.45) is 5.73 Å². The summed E-state index contributed by atoms with van der Waals surface area (Å²) in [6.45, 7) is 2.06. The van der Waals surface area contributed by atoms with E-state index in [1.54, 1.807) is 6.92 Å². The first-order valence-corrected chi connectivity index (χ1v) is 6.94. The van der Waals surface area contributed by atoms with Crippen LogP contribution in [0.25, 0.3) is 11.3 Å². The molecule has 1 aliphatic heterocycles. The molecule has 1 atom stereocenters. The summed E-state index contributed by atoms with van der Waals surface area (Å²) in [6, 6.07) is 5.55. The van der Waals surface area contributed by atoms with Gasteiger partial charge in [-0.15, -0.1) is 0 Å². The van der Waals surface area contributed by atoms with Crippen LogP contribution in [0.15, 0.2) is 22.9 Å². The minimum absolute atomic E-state index is 0.156. The lowest BCUT2D eigenvalue weighted by Crippen LogP contribution is -2.34. The maximum atomic E-state index is 11.6. The number of halogens is 1. The predicted molar refractivity (Wildman–Crippen MR) is 78.3 cm³/mol. The van der Waals surface area contributed by atoms with Crippen LogP contribution in [0.2, 0.25) is 0 Å². The standard InChI is InChI=1S/C13H13BrN4O2/c1-6-12(19)16-8-4-7(2-3-10(8)20-6)11-9(5-15)17-13(14)18-11/h2-4,6H,5,15H2,1H3,(H,16,19)(H,17,18). The van der Waals surface area contributed by atoms with Crippen molar-refractivity contribution in [1.29, 1.82) is 0 Å². The number of aromatic amines is 1. The first-order valence-electron chi connectivity index (χ1n) is 6.15. The number of carbonyl (C=O) groups excluding carboxylic acids is 1. The normalized spacial score (nSPS) is 17.4. The van der Waals surface area contributed by atoms with Gasteiger partial charge >= 0.3 is 0 Å². The van der Waals surface area contributed by atoms with Crippen LogP contribution in [0.3, 0.4) is 0 Å². The summed E-state index contributed by atoms with van der Waals surface area (Å²) in [5, 5.41) is 2.82. The van der Waals surface area contributed by atoms with Crippen molar-refractivity contribution in [3.05, 3.63) is 28.6 Å². The molecule has 0 saturated heterocycles. The van der Waals surface area contributed by atoms with Gasteiger partial charge in [0.05, 0.1) is 17.1 Å². The fourth-order valence-electron chi connectivity index (χ4n) is 2.12. The molecule has 7 heteroatoms. The van der Waals surface area contributed by atoms with Gasteiger partial charge in [0.25, 0.3) is 5.91 Å². The minimum Gasteiger partial charge on any atom is -0.479 e. The van der Waals surface area contributed by atoms with E-state index in [9.17, 15) is 4.79 Å². The van der Waals surface area contributed by atoms with Gasteiger partial charge in [0, 0.05) is 12.1 Å². The molecule has 20 heavy (non-hydrogen) atoms. The van der Waals surface area contributed by atoms with Crippen molar-refractivity contribution in [3.63, 3.8) is 0 Å². The zero-order valence-corrected chi connectivity index (χ0v) is 12.3. The number of nitrogens with zero attached hydrogens (tertiary/aromatic N) is 1. The summed E-state index contributed by atoms with van der Waals surface area (Å²) in [6.07, 6.45) is -0.479. The number of benzene rings is 1. The summed E-state index contributed by atoms with van der Waals surface area (Å²) in [5.74, 6) is 0.502. The Morgan fingerprint density at radius 2 is 2.30 bits per heavy atom. The predicted octanol–water partition coefficient (Wildman–Crippen LogP) is 2.02. The monoisotopic (exact) mass is 336 g/mol. The quantitative estimate of drug-likeness (QED) is 0.782. The Kier molecular flexibility index (Phi) is 3.23. The number of hydrogen-bond acceptors (Lipinski definition) is 4. The average Bonchev–Trinajstić information content (AvgIpc) is 2.81. The van der Waals surface area contributed by atoms with Gasteiger partial charge in [-0.2, -0.15) is 0 Å². The van der Waals surface area contributed by atoms with Crippen LogP contribution in [0, 0.1) is 0 Å². The third-order valence-corrected chi connectivity index (χ3v) is 3.51. The Morgan fingerprint density at radius 3 is 3.05 bits per heavy atom. The second-order valence-electron chi connectivity index (χ2n) is 4.52. The molecule has 2 heterocycles. The number of imidazole rings is 1. The van der Waals surface area contributed by atoms with Crippen LogP contribution in [-0.4, -0.2) is 22.0 Å². The smallest absolute Gasteiger partial charge is 0.265 e. The van der Waals surface area contributed by atoms with E-state index < -0.39 is 6.10 Å². The van der Waals surface area contributed by atoms with Gasteiger partial charge in [0.1, 0.15) is 5.75 Å². The highest BCUT2D eigenvalue weighted by Gasteiger charge is 2.24. The number of H-pyrrole nitrogens is 1. The van der Waals surface area contributed by atoms with Gasteiger partial charge in [-0.3, -0.25) is 4.79 Å². The van der Waals surface area contributed by atoms with E-state index in [2.05, 4.69) is 31.2 Å². The van der Waals surface area contributed by atoms with Gasteiger partial charge in [-0.25, -0.2) is 4.98 Å². The largest absolute Gasteiger partial charge is 0.479 e. The average molecular weight is 337 g/mol. The van der Waals surface area contributed by atoms with E-state index in [0.29, 0.717) is 22.7 Å². The summed E-state index contributed by atoms with van der Waals surface area (Å²) in [4.78, 5) is 19.1. The molecule has 6 nitrogen and oxygen atoms in total. The van der Waals surface area contributed by atoms with Gasteiger partial charge in [0.15, 0.2) is 10.8 Å². The Balaban J connectivity index is 2.04. The van der Waals surface area contributed by atoms with E-state index in [1.807, 2.05) is 18.2 Å². The lowest BCUT2D eigenvalue weighted by atomic mass is 10.1. The SMILES string of the molecule is CC1Oc2ccc(-c3nc(Br)[nH]c3CN)cc2NC1=O. The molecule has 1 aromatic carbocycles. The highest BCUT2D eigenvalue weighted by molar-refractivity contribution is 9.10. The molecule has 4 N–H and O–H groups in total. The molecule has 0 fully saturated rings. The lowest BCUT2D eigenvalue weighted by molar-refractivity contribution is -0.122. The van der Waals surface area contributed by atoms with E-state index in [4.69, 9.17) is 10.5 Å². The van der Waals surface area contributed by atoms with Crippen molar-refractivity contribution >= 4 is 27.5 Å². The third kappa shape index (κ3) is 2.19. The number of anilines is 1. The second-order valence-corrected chi connectivity index (χ2v) is 5.27. The van der Waals surface area contributed by atoms with Crippen molar-refractivity contribution < 1.29 is 9.53 Å². The number of rotatable bonds is 2. The van der Waals surface area contributed by atoms with Crippen LogP contribution < -0.4 is 15.8 Å². The molecule has 1 amide bonds. The van der Waals surface area contributed by atoms with E-state index in [-0.39, 0.29) is 5.91 Å². The molecule has 0 bridgehead atoms. The van der Waals surface area contributed by atoms with E-state index in [1.165, 1.54) is 0 Å². The van der Waals surface area contributed by atoms with Crippen LogP contribution in [0.4, 0.5) is 5.69 Å². The first-order chi connectivity index (χ1) is 9.58. The minimum atomic E-state index is -0.479. The highest BCUT2D eigenvalue weighted by atomic mass is 79.9. The summed E-state index contributed by atoms with van der Waals surface area (Å²) in [7, 11) is 0. The number of ether oxygens (including phenoxy) is 1. The van der Waals surface area contributed by atoms with Crippen LogP contribution in [0.5, 0.6) is 5.75 Å². The molecule has 1 unspecified atom stereocenters. The third-order valence-electron chi connectivity index (χ3n) is 3.14. The Hall–Kier alpha value is -1.86. The number of nitrogens with two attached hydrogens (primary N) is 1. The Bertz CT molecular complexity index is 683. The summed E-state index contributed by atoms with van der Waals surface area (Å²) in [5.41, 5.74) is 8.79. The van der Waals surface area contributed by atoms with E-state index in [0.717, 1.165) is 17.0 Å². The van der Waals surface area contributed by atoms with Crippen LogP contribution in [-0.2, 0) is 11.3 Å². The molecule has 2 aromatic rings. The number of fused-ring (bicyclic) bond motifs is 1. The van der Waals surface area contributed by atoms with Crippen molar-refractivity contribution in [3.8, 4) is 17.0 Å². The Labute approximate surface area is 123 Å². The molecule has 1 aromatic heterocycles. The molecule has 0 radical (unpaired) electrons. The fraction of sp³-hybridized carbons (Fsp3) is 0.231. The van der Waals surface area contributed by atoms with Crippen molar-refractivity contribution in [2.45, 2.75) is 19.6 Å². The van der Waals surface area contributed by atoms with Crippen LogP contribution in [0.1, 0.15) is 12.6 Å². The molecule has 0 aliphatic carbocycles. The maximum absolute atomic E-state index is 11.6. The number of nitrogens with one attached hydrogen (secondary N) is 2. The van der Waals surface area contributed by atoms with Crippen molar-refractivity contribution in [2.75, 3.05) is 5.32 Å². The van der Waals surface area contributed by atoms with Crippen molar-refractivity contribution in [1.82, 2.24) is 9.97 Å². The molecule has 104 valence electrons. The number of aromatic nitrogens is 2. The molecule has 3 rings (SSSR count). The maximum Gasteiger partial charge on any atom is 0.265 e. The van der Waals surface area contributed by atoms with Gasteiger partial charge in [-0.1, -0.05) is 0 Å². The second kappa shape index (κ2) is 4.92. The molecule has 0 saturated carbocycles. The zero-order chi connectivity index (χ0) is 14.3.